The molecule has 3 heterocycles. The molecule has 0 unspecified atom stereocenters. The average Bonchev–Trinajstić information content (AvgIpc) is 2.96. The predicted molar refractivity (Wildman–Crippen MR) is 75.7 cm³/mol. The topological polar surface area (TPSA) is 59.4 Å². The van der Waals surface area contributed by atoms with Crippen LogP contribution < -0.4 is 0 Å². The Hall–Kier alpha value is -1.51. The molecule has 1 aliphatic carbocycles. The van der Waals surface area contributed by atoms with Crippen molar-refractivity contribution in [2.24, 2.45) is 0 Å². The summed E-state index contributed by atoms with van der Waals surface area (Å²) in [7, 11) is 0. The van der Waals surface area contributed by atoms with Crippen molar-refractivity contribution in [3.63, 3.8) is 0 Å². The van der Waals surface area contributed by atoms with E-state index in [1.165, 1.54) is 18.9 Å². The maximum atomic E-state index is 13.4. The minimum Gasteiger partial charge on any atom is -0.280 e. The van der Waals surface area contributed by atoms with Crippen LogP contribution in [0, 0.1) is 9.52 Å². The van der Waals surface area contributed by atoms with E-state index >= 15 is 0 Å². The first kappa shape index (κ1) is 11.3. The highest BCUT2D eigenvalue weighted by atomic mass is 127. The molecule has 1 aliphatic rings. The van der Waals surface area contributed by atoms with Crippen molar-refractivity contribution in [1.82, 2.24) is 25.0 Å². The third-order valence-corrected chi connectivity index (χ3v) is 4.17. The second kappa shape index (κ2) is 3.99. The molecule has 0 aliphatic heterocycles. The lowest BCUT2D eigenvalue weighted by Gasteiger charge is -1.98. The normalized spacial score (nSPS) is 15.3. The third-order valence-electron chi connectivity index (χ3n) is 3.28. The number of halogens is 2. The molecule has 0 spiro atoms. The summed E-state index contributed by atoms with van der Waals surface area (Å²) in [6, 6.07) is 3.36. The summed E-state index contributed by atoms with van der Waals surface area (Å²) in [5.41, 5.74) is 1.61. The molecule has 19 heavy (non-hydrogen) atoms. The van der Waals surface area contributed by atoms with Crippen molar-refractivity contribution >= 4 is 33.6 Å². The van der Waals surface area contributed by atoms with Gasteiger partial charge in [-0.15, -0.1) is 0 Å². The van der Waals surface area contributed by atoms with Gasteiger partial charge in [-0.2, -0.15) is 24.3 Å². The van der Waals surface area contributed by atoms with E-state index in [-0.39, 0.29) is 0 Å². The van der Waals surface area contributed by atoms with Gasteiger partial charge in [-0.3, -0.25) is 5.10 Å². The molecule has 0 bridgehead atoms. The van der Waals surface area contributed by atoms with Gasteiger partial charge >= 0.3 is 0 Å². The zero-order valence-corrected chi connectivity index (χ0v) is 11.9. The lowest BCUT2D eigenvalue weighted by Crippen LogP contribution is -1.99. The number of aromatic amines is 1. The number of nitrogens with one attached hydrogen (secondary N) is 1. The van der Waals surface area contributed by atoms with E-state index in [2.05, 4.69) is 42.9 Å². The second-order valence-electron chi connectivity index (χ2n) is 4.68. The largest absolute Gasteiger partial charge is 0.280 e. The Labute approximate surface area is 121 Å². The van der Waals surface area contributed by atoms with Crippen LogP contribution in [0.3, 0.4) is 0 Å². The molecule has 0 radical (unpaired) electrons. The third kappa shape index (κ3) is 1.83. The van der Waals surface area contributed by atoms with E-state index in [1.54, 1.807) is 10.9 Å². The molecule has 7 heteroatoms. The lowest BCUT2D eigenvalue weighted by molar-refractivity contribution is 0.585. The molecule has 5 nitrogen and oxygen atoms in total. The number of H-pyrrole nitrogens is 1. The number of fused-ring (bicyclic) bond motifs is 1. The standard InChI is InChI=1S/C12H9FIN5/c13-10-3-8(14)7-5-15-19(12(7)16-10)11-4-9(17-18-11)6-1-2-6/h3-6H,1-2H2,(H,17,18). The molecule has 0 aromatic carbocycles. The van der Waals surface area contributed by atoms with Crippen LogP contribution in [0.1, 0.15) is 24.5 Å². The van der Waals surface area contributed by atoms with Crippen LogP contribution in [0.4, 0.5) is 4.39 Å². The number of hydrogen-bond acceptors (Lipinski definition) is 3. The van der Waals surface area contributed by atoms with Gasteiger partial charge in [0.05, 0.1) is 11.6 Å². The Morgan fingerprint density at radius 3 is 3.00 bits per heavy atom. The first-order valence-electron chi connectivity index (χ1n) is 5.98. The summed E-state index contributed by atoms with van der Waals surface area (Å²) in [5.74, 6) is 0.746. The van der Waals surface area contributed by atoms with Crippen LogP contribution >= 0.6 is 22.6 Å². The Kier molecular flexibility index (Phi) is 2.38. The van der Waals surface area contributed by atoms with Crippen LogP contribution in [0.25, 0.3) is 16.9 Å². The number of rotatable bonds is 2. The summed E-state index contributed by atoms with van der Waals surface area (Å²) >= 11 is 2.08. The molecule has 0 amide bonds. The minimum absolute atomic E-state index is 0.498. The van der Waals surface area contributed by atoms with Crippen molar-refractivity contribution in [2.75, 3.05) is 0 Å². The van der Waals surface area contributed by atoms with Gasteiger partial charge in [-0.05, 0) is 35.4 Å². The Morgan fingerprint density at radius 1 is 1.37 bits per heavy atom. The van der Waals surface area contributed by atoms with Crippen molar-refractivity contribution in [1.29, 1.82) is 0 Å². The second-order valence-corrected chi connectivity index (χ2v) is 5.84. The summed E-state index contributed by atoms with van der Waals surface area (Å²) in [6.45, 7) is 0. The van der Waals surface area contributed by atoms with Crippen LogP contribution in [-0.2, 0) is 0 Å². The summed E-state index contributed by atoms with van der Waals surface area (Å²) in [5, 5.41) is 12.3. The molecule has 1 fully saturated rings. The van der Waals surface area contributed by atoms with Gasteiger partial charge < -0.3 is 0 Å². The predicted octanol–water partition coefficient (Wildman–Crippen LogP) is 2.76. The maximum Gasteiger partial charge on any atom is 0.215 e. The van der Waals surface area contributed by atoms with Crippen LogP contribution in [0.2, 0.25) is 0 Å². The van der Waals surface area contributed by atoms with Crippen LogP contribution in [0.15, 0.2) is 18.3 Å². The lowest BCUT2D eigenvalue weighted by atomic mass is 10.3. The summed E-state index contributed by atoms with van der Waals surface area (Å²) < 4.78 is 15.8. The number of hydrogen-bond donors (Lipinski definition) is 1. The average molecular weight is 369 g/mol. The van der Waals surface area contributed by atoms with E-state index in [0.717, 1.165) is 14.7 Å². The molecule has 1 saturated carbocycles. The molecule has 0 saturated heterocycles. The zero-order chi connectivity index (χ0) is 13.0. The highest BCUT2D eigenvalue weighted by molar-refractivity contribution is 14.1. The molecule has 0 atom stereocenters. The van der Waals surface area contributed by atoms with Crippen LogP contribution in [-0.4, -0.2) is 25.0 Å². The Bertz CT molecular complexity index is 774. The van der Waals surface area contributed by atoms with E-state index in [9.17, 15) is 4.39 Å². The van der Waals surface area contributed by atoms with Crippen molar-refractivity contribution in [2.45, 2.75) is 18.8 Å². The summed E-state index contributed by atoms with van der Waals surface area (Å²) in [4.78, 5) is 3.92. The zero-order valence-electron chi connectivity index (χ0n) is 9.77. The van der Waals surface area contributed by atoms with Gasteiger partial charge in [-0.25, -0.2) is 0 Å². The van der Waals surface area contributed by atoms with Crippen molar-refractivity contribution in [3.05, 3.63) is 33.5 Å². The summed E-state index contributed by atoms with van der Waals surface area (Å²) in [6.07, 6.45) is 4.09. The van der Waals surface area contributed by atoms with Crippen LogP contribution in [0.5, 0.6) is 0 Å². The molecular weight excluding hydrogens is 360 g/mol. The molecule has 3 aromatic rings. The molecule has 4 rings (SSSR count). The fourth-order valence-electron chi connectivity index (χ4n) is 2.14. The SMILES string of the molecule is Fc1cc(I)c2cnn(-c3cc(C4CC4)[nH]n3)c2n1. The fraction of sp³-hybridized carbons (Fsp3) is 0.250. The fourth-order valence-corrected chi connectivity index (χ4v) is 2.78. The Morgan fingerprint density at radius 2 is 2.21 bits per heavy atom. The first-order chi connectivity index (χ1) is 9.22. The molecule has 1 N–H and O–H groups in total. The highest BCUT2D eigenvalue weighted by Crippen LogP contribution is 2.39. The molecular formula is C12H9FIN5. The van der Waals surface area contributed by atoms with E-state index in [1.807, 2.05) is 6.07 Å². The van der Waals surface area contributed by atoms with Crippen molar-refractivity contribution in [3.8, 4) is 5.82 Å². The van der Waals surface area contributed by atoms with E-state index < -0.39 is 5.95 Å². The highest BCUT2D eigenvalue weighted by Gasteiger charge is 2.26. The number of nitrogens with zero attached hydrogens (tertiary/aromatic N) is 4. The van der Waals surface area contributed by atoms with Gasteiger partial charge in [0.1, 0.15) is 0 Å². The van der Waals surface area contributed by atoms with Gasteiger partial charge in [0.25, 0.3) is 0 Å². The number of pyridine rings is 1. The molecule has 3 aromatic heterocycles. The van der Waals surface area contributed by atoms with E-state index in [4.69, 9.17) is 0 Å². The maximum absolute atomic E-state index is 13.4. The van der Waals surface area contributed by atoms with E-state index in [0.29, 0.717) is 17.4 Å². The van der Waals surface area contributed by atoms with Crippen molar-refractivity contribution < 1.29 is 4.39 Å². The molecule has 96 valence electrons. The van der Waals surface area contributed by atoms with Gasteiger partial charge in [0.2, 0.25) is 5.95 Å². The Balaban J connectivity index is 1.89. The monoisotopic (exact) mass is 369 g/mol. The first-order valence-corrected chi connectivity index (χ1v) is 7.06. The number of aromatic nitrogens is 5. The van der Waals surface area contributed by atoms with Gasteiger partial charge in [0, 0.05) is 27.3 Å². The van der Waals surface area contributed by atoms with Gasteiger partial charge in [0.15, 0.2) is 11.5 Å². The minimum atomic E-state index is -0.503. The quantitative estimate of drug-likeness (QED) is 0.558. The van der Waals surface area contributed by atoms with Gasteiger partial charge in [-0.1, -0.05) is 0 Å². The smallest absolute Gasteiger partial charge is 0.215 e.